The molecule has 3 nitrogen and oxygen atoms in total. The van der Waals surface area contributed by atoms with Crippen molar-refractivity contribution in [3.63, 3.8) is 0 Å². The number of aryl methyl sites for hydroxylation is 1. The highest BCUT2D eigenvalue weighted by Crippen LogP contribution is 2.12. The van der Waals surface area contributed by atoms with Gasteiger partial charge in [-0.05, 0) is 24.1 Å². The molecule has 3 heteroatoms. The van der Waals surface area contributed by atoms with Crippen LogP contribution in [0.5, 0.6) is 5.75 Å². The minimum atomic E-state index is 0.652. The Labute approximate surface area is 104 Å². The van der Waals surface area contributed by atoms with E-state index in [-0.39, 0.29) is 0 Å². The van der Waals surface area contributed by atoms with Gasteiger partial charge in [0.2, 0.25) is 0 Å². The van der Waals surface area contributed by atoms with Crippen LogP contribution in [0.2, 0.25) is 0 Å². The molecular weight excluding hydrogens is 216 g/mol. The van der Waals surface area contributed by atoms with Gasteiger partial charge in [-0.25, -0.2) is 0 Å². The molecule has 1 rings (SSSR count). The SMILES string of the molecule is CCc1ccc(OCCCOCCOC)cc1. The van der Waals surface area contributed by atoms with Crippen molar-refractivity contribution in [1.82, 2.24) is 0 Å². The third-order valence-electron chi connectivity index (χ3n) is 2.47. The van der Waals surface area contributed by atoms with Gasteiger partial charge in [0, 0.05) is 20.1 Å². The Morgan fingerprint density at radius 3 is 2.35 bits per heavy atom. The lowest BCUT2D eigenvalue weighted by Gasteiger charge is -2.07. The molecule has 0 saturated heterocycles. The number of benzene rings is 1. The van der Waals surface area contributed by atoms with E-state index in [4.69, 9.17) is 14.2 Å². The third kappa shape index (κ3) is 6.29. The van der Waals surface area contributed by atoms with E-state index in [2.05, 4.69) is 19.1 Å². The summed E-state index contributed by atoms with van der Waals surface area (Å²) >= 11 is 0. The van der Waals surface area contributed by atoms with Gasteiger partial charge in [-0.1, -0.05) is 19.1 Å². The lowest BCUT2D eigenvalue weighted by atomic mass is 10.2. The first-order valence-electron chi connectivity index (χ1n) is 6.15. The standard InChI is InChI=1S/C14H22O3/c1-3-13-5-7-14(8-6-13)17-10-4-9-16-12-11-15-2/h5-8H,3-4,9-12H2,1-2H3. The fraction of sp³-hybridized carbons (Fsp3) is 0.571. The zero-order valence-electron chi connectivity index (χ0n) is 10.8. The second kappa shape index (κ2) is 9.02. The molecule has 0 N–H and O–H groups in total. The summed E-state index contributed by atoms with van der Waals surface area (Å²) in [6.07, 6.45) is 1.97. The zero-order chi connectivity index (χ0) is 12.3. The molecule has 1 aromatic carbocycles. The van der Waals surface area contributed by atoms with Gasteiger partial charge in [0.1, 0.15) is 5.75 Å². The highest BCUT2D eigenvalue weighted by atomic mass is 16.5. The number of hydrogen-bond acceptors (Lipinski definition) is 3. The van der Waals surface area contributed by atoms with Crippen molar-refractivity contribution >= 4 is 0 Å². The summed E-state index contributed by atoms with van der Waals surface area (Å²) in [5.41, 5.74) is 1.33. The number of rotatable bonds is 9. The van der Waals surface area contributed by atoms with Gasteiger partial charge in [0.15, 0.2) is 0 Å². The molecule has 0 radical (unpaired) electrons. The third-order valence-corrected chi connectivity index (χ3v) is 2.47. The fourth-order valence-electron chi connectivity index (χ4n) is 1.42. The Hall–Kier alpha value is -1.06. The molecule has 0 amide bonds. The van der Waals surface area contributed by atoms with Gasteiger partial charge < -0.3 is 14.2 Å². The van der Waals surface area contributed by atoms with Crippen molar-refractivity contribution in [2.75, 3.05) is 33.5 Å². The van der Waals surface area contributed by atoms with E-state index in [1.807, 2.05) is 12.1 Å². The Balaban J connectivity index is 2.05. The molecule has 0 bridgehead atoms. The fourth-order valence-corrected chi connectivity index (χ4v) is 1.42. The van der Waals surface area contributed by atoms with Gasteiger partial charge in [-0.3, -0.25) is 0 Å². The highest BCUT2D eigenvalue weighted by Gasteiger charge is 1.94. The molecule has 0 spiro atoms. The van der Waals surface area contributed by atoms with Crippen LogP contribution in [0.4, 0.5) is 0 Å². The molecule has 0 aliphatic heterocycles. The van der Waals surface area contributed by atoms with Gasteiger partial charge in [0.25, 0.3) is 0 Å². The largest absolute Gasteiger partial charge is 0.494 e. The van der Waals surface area contributed by atoms with Crippen LogP contribution in [-0.2, 0) is 15.9 Å². The first kappa shape index (κ1) is 14.0. The zero-order valence-corrected chi connectivity index (χ0v) is 10.8. The summed E-state index contributed by atoms with van der Waals surface area (Å²) < 4.78 is 15.8. The maximum absolute atomic E-state index is 5.60. The van der Waals surface area contributed by atoms with E-state index < -0.39 is 0 Å². The summed E-state index contributed by atoms with van der Waals surface area (Å²) in [6, 6.07) is 8.24. The molecule has 0 aliphatic carbocycles. The Bertz CT molecular complexity index is 282. The van der Waals surface area contributed by atoms with E-state index in [1.165, 1.54) is 5.56 Å². The molecule has 0 aromatic heterocycles. The molecule has 0 unspecified atom stereocenters. The lowest BCUT2D eigenvalue weighted by Crippen LogP contribution is -2.06. The average molecular weight is 238 g/mol. The van der Waals surface area contributed by atoms with Crippen molar-refractivity contribution in [3.8, 4) is 5.75 Å². The first-order valence-corrected chi connectivity index (χ1v) is 6.15. The van der Waals surface area contributed by atoms with Crippen LogP contribution >= 0.6 is 0 Å². The molecule has 0 aliphatic rings. The van der Waals surface area contributed by atoms with Crippen molar-refractivity contribution in [1.29, 1.82) is 0 Å². The molecular formula is C14H22O3. The second-order valence-electron chi connectivity index (χ2n) is 3.80. The van der Waals surface area contributed by atoms with Gasteiger partial charge in [-0.2, -0.15) is 0 Å². The number of ether oxygens (including phenoxy) is 3. The molecule has 0 saturated carbocycles. The molecule has 1 aromatic rings. The molecule has 17 heavy (non-hydrogen) atoms. The van der Waals surface area contributed by atoms with Crippen LogP contribution in [0.25, 0.3) is 0 Å². The molecule has 0 heterocycles. The van der Waals surface area contributed by atoms with Crippen molar-refractivity contribution < 1.29 is 14.2 Å². The van der Waals surface area contributed by atoms with Crippen molar-refractivity contribution in [3.05, 3.63) is 29.8 Å². The minimum absolute atomic E-state index is 0.652. The Morgan fingerprint density at radius 1 is 0.941 bits per heavy atom. The van der Waals surface area contributed by atoms with E-state index >= 15 is 0 Å². The first-order chi connectivity index (χ1) is 8.36. The average Bonchev–Trinajstić information content (AvgIpc) is 2.38. The smallest absolute Gasteiger partial charge is 0.119 e. The van der Waals surface area contributed by atoms with Gasteiger partial charge in [-0.15, -0.1) is 0 Å². The van der Waals surface area contributed by atoms with Crippen LogP contribution in [0.1, 0.15) is 18.9 Å². The maximum Gasteiger partial charge on any atom is 0.119 e. The van der Waals surface area contributed by atoms with Crippen LogP contribution in [0, 0.1) is 0 Å². The minimum Gasteiger partial charge on any atom is -0.494 e. The van der Waals surface area contributed by atoms with Crippen LogP contribution < -0.4 is 4.74 Å². The summed E-state index contributed by atoms with van der Waals surface area (Å²) in [5, 5.41) is 0. The summed E-state index contributed by atoms with van der Waals surface area (Å²) in [6.45, 7) is 4.86. The molecule has 0 atom stereocenters. The quantitative estimate of drug-likeness (QED) is 0.619. The van der Waals surface area contributed by atoms with E-state index in [1.54, 1.807) is 7.11 Å². The second-order valence-corrected chi connectivity index (χ2v) is 3.80. The van der Waals surface area contributed by atoms with Crippen LogP contribution in [-0.4, -0.2) is 33.5 Å². The van der Waals surface area contributed by atoms with Gasteiger partial charge in [0.05, 0.1) is 19.8 Å². The highest BCUT2D eigenvalue weighted by molar-refractivity contribution is 5.27. The normalized spacial score (nSPS) is 10.5. The summed E-state index contributed by atoms with van der Waals surface area (Å²) in [4.78, 5) is 0. The molecule has 0 fully saturated rings. The number of hydrogen-bond donors (Lipinski definition) is 0. The summed E-state index contributed by atoms with van der Waals surface area (Å²) in [7, 11) is 1.67. The lowest BCUT2D eigenvalue weighted by molar-refractivity contribution is 0.0644. The summed E-state index contributed by atoms with van der Waals surface area (Å²) in [5.74, 6) is 0.930. The van der Waals surface area contributed by atoms with E-state index in [9.17, 15) is 0 Å². The van der Waals surface area contributed by atoms with Crippen molar-refractivity contribution in [2.24, 2.45) is 0 Å². The van der Waals surface area contributed by atoms with Crippen LogP contribution in [0.15, 0.2) is 24.3 Å². The predicted octanol–water partition coefficient (Wildman–Crippen LogP) is 2.68. The van der Waals surface area contributed by atoms with E-state index in [0.717, 1.165) is 25.2 Å². The Kier molecular flexibility index (Phi) is 7.43. The number of methoxy groups -OCH3 is 1. The van der Waals surface area contributed by atoms with E-state index in [0.29, 0.717) is 19.8 Å². The maximum atomic E-state index is 5.60. The predicted molar refractivity (Wildman–Crippen MR) is 68.6 cm³/mol. The molecule has 96 valence electrons. The monoisotopic (exact) mass is 238 g/mol. The Morgan fingerprint density at radius 2 is 1.71 bits per heavy atom. The topological polar surface area (TPSA) is 27.7 Å². The van der Waals surface area contributed by atoms with Crippen molar-refractivity contribution in [2.45, 2.75) is 19.8 Å². The van der Waals surface area contributed by atoms with Crippen LogP contribution in [0.3, 0.4) is 0 Å². The van der Waals surface area contributed by atoms with Gasteiger partial charge >= 0.3 is 0 Å².